The molecule has 4 heteroatoms. The highest BCUT2D eigenvalue weighted by Crippen LogP contribution is 2.41. The number of hydrogen-bond donors (Lipinski definition) is 1. The van der Waals surface area contributed by atoms with Crippen LogP contribution >= 0.6 is 0 Å². The van der Waals surface area contributed by atoms with Crippen molar-refractivity contribution in [1.29, 1.82) is 0 Å². The standard InChI is InChI=1S/C16H26N2O2/c1-5-20-16(8-6-11(2)7-9-16)15-17-10-14(13(4)19)12(3)18-15/h10-11,13,19H,5-9H2,1-4H3/t11?,13-,16?/m1/s1. The zero-order valence-electron chi connectivity index (χ0n) is 13.0. The SMILES string of the molecule is CCOC1(c2ncc([C@@H](C)O)c(C)n2)CCC(C)CC1. The van der Waals surface area contributed by atoms with Crippen LogP contribution in [0.1, 0.15) is 69.6 Å². The molecule has 1 saturated carbocycles. The quantitative estimate of drug-likeness (QED) is 0.918. The van der Waals surface area contributed by atoms with Gasteiger partial charge < -0.3 is 9.84 Å². The van der Waals surface area contributed by atoms with E-state index < -0.39 is 6.10 Å². The van der Waals surface area contributed by atoms with Crippen LogP contribution in [0.4, 0.5) is 0 Å². The van der Waals surface area contributed by atoms with Gasteiger partial charge in [0.05, 0.1) is 6.10 Å². The smallest absolute Gasteiger partial charge is 0.160 e. The van der Waals surface area contributed by atoms with Crippen LogP contribution in [0.5, 0.6) is 0 Å². The molecule has 112 valence electrons. The predicted molar refractivity (Wildman–Crippen MR) is 78.3 cm³/mol. The molecule has 0 unspecified atom stereocenters. The molecular weight excluding hydrogens is 252 g/mol. The lowest BCUT2D eigenvalue weighted by molar-refractivity contribution is -0.0838. The highest BCUT2D eigenvalue weighted by Gasteiger charge is 2.39. The molecule has 0 amide bonds. The first-order valence-corrected chi connectivity index (χ1v) is 7.64. The van der Waals surface area contributed by atoms with E-state index in [1.54, 1.807) is 13.1 Å². The molecule has 1 heterocycles. The van der Waals surface area contributed by atoms with Crippen molar-refractivity contribution in [3.05, 3.63) is 23.3 Å². The van der Waals surface area contributed by atoms with Crippen LogP contribution in [-0.2, 0) is 10.3 Å². The lowest BCUT2D eigenvalue weighted by Gasteiger charge is -2.38. The first-order chi connectivity index (χ1) is 9.48. The third-order valence-electron chi connectivity index (χ3n) is 4.38. The van der Waals surface area contributed by atoms with Crippen molar-refractivity contribution in [2.24, 2.45) is 5.92 Å². The highest BCUT2D eigenvalue weighted by atomic mass is 16.5. The predicted octanol–water partition coefficient (Wildman–Crippen LogP) is 3.28. The minimum Gasteiger partial charge on any atom is -0.389 e. The summed E-state index contributed by atoms with van der Waals surface area (Å²) in [7, 11) is 0. The van der Waals surface area contributed by atoms with Crippen molar-refractivity contribution in [2.45, 2.75) is 65.1 Å². The van der Waals surface area contributed by atoms with Gasteiger partial charge in [-0.25, -0.2) is 9.97 Å². The zero-order valence-corrected chi connectivity index (χ0v) is 13.0. The van der Waals surface area contributed by atoms with Crippen molar-refractivity contribution in [3.8, 4) is 0 Å². The third-order valence-corrected chi connectivity index (χ3v) is 4.38. The Balaban J connectivity index is 2.32. The maximum absolute atomic E-state index is 9.70. The van der Waals surface area contributed by atoms with Crippen molar-refractivity contribution in [3.63, 3.8) is 0 Å². The summed E-state index contributed by atoms with van der Waals surface area (Å²) in [4.78, 5) is 9.14. The molecule has 1 aromatic heterocycles. The van der Waals surface area contributed by atoms with Crippen molar-refractivity contribution in [2.75, 3.05) is 6.61 Å². The van der Waals surface area contributed by atoms with E-state index >= 15 is 0 Å². The molecule has 1 aliphatic rings. The fourth-order valence-corrected chi connectivity index (χ4v) is 3.04. The summed E-state index contributed by atoms with van der Waals surface area (Å²) in [6.45, 7) is 8.66. The average Bonchev–Trinajstić information content (AvgIpc) is 2.41. The van der Waals surface area contributed by atoms with E-state index in [-0.39, 0.29) is 5.60 Å². The first-order valence-electron chi connectivity index (χ1n) is 7.64. The molecule has 1 fully saturated rings. The minimum absolute atomic E-state index is 0.330. The average molecular weight is 278 g/mol. The number of aliphatic hydroxyl groups is 1. The maximum Gasteiger partial charge on any atom is 0.160 e. The largest absolute Gasteiger partial charge is 0.389 e. The van der Waals surface area contributed by atoms with Gasteiger partial charge in [-0.1, -0.05) is 6.92 Å². The summed E-state index contributed by atoms with van der Waals surface area (Å²) in [5, 5.41) is 9.70. The van der Waals surface area contributed by atoms with E-state index in [9.17, 15) is 5.11 Å². The Labute approximate surface area is 121 Å². The third kappa shape index (κ3) is 3.01. The molecule has 1 aromatic rings. The number of rotatable bonds is 4. The number of hydrogen-bond acceptors (Lipinski definition) is 4. The minimum atomic E-state index is -0.529. The summed E-state index contributed by atoms with van der Waals surface area (Å²) >= 11 is 0. The molecule has 0 saturated heterocycles. The molecular formula is C16H26N2O2. The molecule has 1 aliphatic carbocycles. The Kier molecular flexibility index (Phi) is 4.76. The van der Waals surface area contributed by atoms with Gasteiger partial charge in [0.25, 0.3) is 0 Å². The second-order valence-electron chi connectivity index (χ2n) is 6.02. The van der Waals surface area contributed by atoms with Crippen LogP contribution in [0.15, 0.2) is 6.20 Å². The highest BCUT2D eigenvalue weighted by molar-refractivity contribution is 5.20. The van der Waals surface area contributed by atoms with Crippen LogP contribution in [-0.4, -0.2) is 21.7 Å². The molecule has 1 atom stereocenters. The van der Waals surface area contributed by atoms with Crippen LogP contribution in [0.25, 0.3) is 0 Å². The molecule has 0 bridgehead atoms. The number of aryl methyl sites for hydroxylation is 1. The van der Waals surface area contributed by atoms with Crippen LogP contribution in [0.2, 0.25) is 0 Å². The van der Waals surface area contributed by atoms with E-state index in [2.05, 4.69) is 16.9 Å². The molecule has 0 spiro atoms. The van der Waals surface area contributed by atoms with Gasteiger partial charge >= 0.3 is 0 Å². The Morgan fingerprint density at radius 3 is 2.60 bits per heavy atom. The van der Waals surface area contributed by atoms with Gasteiger partial charge in [-0.2, -0.15) is 0 Å². The summed E-state index contributed by atoms with van der Waals surface area (Å²) in [5.74, 6) is 1.54. The van der Waals surface area contributed by atoms with Crippen molar-refractivity contribution >= 4 is 0 Å². The summed E-state index contributed by atoms with van der Waals surface area (Å²) in [6, 6.07) is 0. The van der Waals surface area contributed by atoms with E-state index in [1.807, 2.05) is 13.8 Å². The zero-order chi connectivity index (χ0) is 14.8. The second kappa shape index (κ2) is 6.19. The van der Waals surface area contributed by atoms with Gasteiger partial charge in [-0.3, -0.25) is 0 Å². The number of aromatic nitrogens is 2. The fraction of sp³-hybridized carbons (Fsp3) is 0.750. The second-order valence-corrected chi connectivity index (χ2v) is 6.02. The van der Waals surface area contributed by atoms with Crippen molar-refractivity contribution < 1.29 is 9.84 Å². The Morgan fingerprint density at radius 2 is 2.10 bits per heavy atom. The number of ether oxygens (including phenoxy) is 1. The van der Waals surface area contributed by atoms with Gasteiger partial charge in [-0.05, 0) is 52.4 Å². The van der Waals surface area contributed by atoms with E-state index in [1.165, 1.54) is 0 Å². The number of nitrogens with zero attached hydrogens (tertiary/aromatic N) is 2. The summed E-state index contributed by atoms with van der Waals surface area (Å²) < 4.78 is 6.07. The fourth-order valence-electron chi connectivity index (χ4n) is 3.04. The molecule has 0 aromatic carbocycles. The van der Waals surface area contributed by atoms with Gasteiger partial charge in [0.2, 0.25) is 0 Å². The van der Waals surface area contributed by atoms with E-state index in [4.69, 9.17) is 4.74 Å². The van der Waals surface area contributed by atoms with Crippen LogP contribution in [0.3, 0.4) is 0 Å². The van der Waals surface area contributed by atoms with Crippen molar-refractivity contribution in [1.82, 2.24) is 9.97 Å². The lowest BCUT2D eigenvalue weighted by Crippen LogP contribution is -2.36. The van der Waals surface area contributed by atoms with Gasteiger partial charge in [-0.15, -0.1) is 0 Å². The monoisotopic (exact) mass is 278 g/mol. The van der Waals surface area contributed by atoms with Crippen LogP contribution in [0, 0.1) is 12.8 Å². The number of aliphatic hydroxyl groups excluding tert-OH is 1. The molecule has 0 radical (unpaired) electrons. The van der Waals surface area contributed by atoms with Gasteiger partial charge in [0.1, 0.15) is 5.60 Å². The lowest BCUT2D eigenvalue weighted by atomic mass is 9.78. The molecule has 4 nitrogen and oxygen atoms in total. The molecule has 20 heavy (non-hydrogen) atoms. The normalized spacial score (nSPS) is 28.4. The maximum atomic E-state index is 9.70. The van der Waals surface area contributed by atoms with Gasteiger partial charge in [0.15, 0.2) is 5.82 Å². The Bertz CT molecular complexity index is 452. The van der Waals surface area contributed by atoms with E-state index in [0.29, 0.717) is 6.61 Å². The summed E-state index contributed by atoms with van der Waals surface area (Å²) in [6.07, 6.45) is 5.49. The first kappa shape index (κ1) is 15.4. The topological polar surface area (TPSA) is 55.2 Å². The Morgan fingerprint density at radius 1 is 1.45 bits per heavy atom. The Hall–Kier alpha value is -1.00. The van der Waals surface area contributed by atoms with Gasteiger partial charge in [0, 0.05) is 24.1 Å². The molecule has 1 N–H and O–H groups in total. The van der Waals surface area contributed by atoms with Crippen LogP contribution < -0.4 is 0 Å². The van der Waals surface area contributed by atoms with E-state index in [0.717, 1.165) is 48.7 Å². The summed E-state index contributed by atoms with van der Waals surface area (Å²) in [5.41, 5.74) is 1.32. The molecule has 0 aliphatic heterocycles. The molecule has 2 rings (SSSR count).